The summed E-state index contributed by atoms with van der Waals surface area (Å²) in [4.78, 5) is 17.3. The first-order valence-corrected chi connectivity index (χ1v) is 9.28. The van der Waals surface area contributed by atoms with Gasteiger partial charge in [-0.15, -0.1) is 11.3 Å². The van der Waals surface area contributed by atoms with E-state index in [4.69, 9.17) is 9.47 Å². The van der Waals surface area contributed by atoms with E-state index in [1.165, 1.54) is 0 Å². The van der Waals surface area contributed by atoms with E-state index in [1.807, 2.05) is 52.5 Å². The number of aromatic nitrogens is 2. The molecule has 0 aliphatic carbocycles. The Hall–Kier alpha value is -3.32. The van der Waals surface area contributed by atoms with Crippen molar-refractivity contribution >= 4 is 22.2 Å². The molecule has 0 saturated carbocycles. The van der Waals surface area contributed by atoms with Crippen molar-refractivity contribution in [1.29, 1.82) is 0 Å². The highest BCUT2D eigenvalue weighted by Crippen LogP contribution is 2.23. The Bertz CT molecular complexity index is 997. The molecule has 0 fully saturated rings. The van der Waals surface area contributed by atoms with Crippen LogP contribution in [0.4, 0.5) is 0 Å². The number of imidazole rings is 1. The van der Waals surface area contributed by atoms with Crippen LogP contribution in [0.3, 0.4) is 0 Å². The van der Waals surface area contributed by atoms with Gasteiger partial charge in [-0.1, -0.05) is 18.2 Å². The zero-order valence-electron chi connectivity index (χ0n) is 14.4. The maximum atomic E-state index is 12.0. The molecule has 2 aromatic carbocycles. The second kappa shape index (κ2) is 7.92. The predicted molar refractivity (Wildman–Crippen MR) is 103 cm³/mol. The summed E-state index contributed by atoms with van der Waals surface area (Å²) in [5.74, 6) is 1.88. The number of hydrogen-bond donors (Lipinski definition) is 1. The molecule has 1 N–H and O–H groups in total. The van der Waals surface area contributed by atoms with E-state index >= 15 is 0 Å². The Morgan fingerprint density at radius 1 is 1.04 bits per heavy atom. The van der Waals surface area contributed by atoms with Crippen LogP contribution < -0.4 is 14.8 Å². The van der Waals surface area contributed by atoms with Gasteiger partial charge in [0.1, 0.15) is 17.2 Å². The first-order valence-electron chi connectivity index (χ1n) is 8.40. The lowest BCUT2D eigenvalue weighted by molar-refractivity contribution is -0.123. The minimum atomic E-state index is -0.198. The number of ether oxygens (including phenoxy) is 2. The lowest BCUT2D eigenvalue weighted by Crippen LogP contribution is -2.28. The highest BCUT2D eigenvalue weighted by molar-refractivity contribution is 7.15. The fraction of sp³-hybridized carbons (Fsp3) is 0.100. The summed E-state index contributed by atoms with van der Waals surface area (Å²) in [5.41, 5.74) is 0.817. The maximum Gasteiger partial charge on any atom is 0.258 e. The number of fused-ring (bicyclic) bond motifs is 1. The fourth-order valence-electron chi connectivity index (χ4n) is 2.48. The van der Waals surface area contributed by atoms with Gasteiger partial charge in [0, 0.05) is 17.8 Å². The summed E-state index contributed by atoms with van der Waals surface area (Å²) in [6.45, 7) is 0.321. The third-order valence-electron chi connectivity index (χ3n) is 3.78. The fourth-order valence-corrected chi connectivity index (χ4v) is 3.20. The van der Waals surface area contributed by atoms with Crippen molar-refractivity contribution in [3.05, 3.63) is 78.1 Å². The van der Waals surface area contributed by atoms with Gasteiger partial charge in [0.05, 0.1) is 12.2 Å². The van der Waals surface area contributed by atoms with Gasteiger partial charge in [-0.3, -0.25) is 9.20 Å². The number of amides is 1. The molecule has 2 heterocycles. The topological polar surface area (TPSA) is 64.9 Å². The van der Waals surface area contributed by atoms with Crippen LogP contribution in [-0.4, -0.2) is 21.9 Å². The predicted octanol–water partition coefficient (Wildman–Crippen LogP) is 3.88. The van der Waals surface area contributed by atoms with Crippen LogP contribution in [0.5, 0.6) is 17.2 Å². The lowest BCUT2D eigenvalue weighted by atomic mass is 10.3. The van der Waals surface area contributed by atoms with Gasteiger partial charge in [-0.2, -0.15) is 0 Å². The largest absolute Gasteiger partial charge is 0.484 e. The van der Waals surface area contributed by atoms with Crippen LogP contribution in [0.15, 0.2) is 72.4 Å². The van der Waals surface area contributed by atoms with E-state index < -0.39 is 0 Å². The molecule has 0 bridgehead atoms. The molecule has 7 heteroatoms. The smallest absolute Gasteiger partial charge is 0.258 e. The minimum Gasteiger partial charge on any atom is -0.484 e. The molecule has 6 nitrogen and oxygen atoms in total. The number of benzene rings is 2. The van der Waals surface area contributed by atoms with Crippen molar-refractivity contribution < 1.29 is 14.3 Å². The number of nitrogens with zero attached hydrogens (tertiary/aromatic N) is 2. The van der Waals surface area contributed by atoms with Gasteiger partial charge in [0.25, 0.3) is 5.91 Å². The minimum absolute atomic E-state index is 0.0545. The molecule has 2 aromatic heterocycles. The van der Waals surface area contributed by atoms with E-state index in [9.17, 15) is 4.79 Å². The summed E-state index contributed by atoms with van der Waals surface area (Å²) < 4.78 is 13.2. The van der Waals surface area contributed by atoms with E-state index in [2.05, 4.69) is 10.3 Å². The molecule has 0 aliphatic rings. The SMILES string of the molecule is O=C(COc1ccc(Oc2ccccc2)cc1)NCc1cn2ccsc2n1. The van der Waals surface area contributed by atoms with Gasteiger partial charge in [0.2, 0.25) is 0 Å². The molecule has 1 amide bonds. The van der Waals surface area contributed by atoms with Gasteiger partial charge in [0.15, 0.2) is 11.6 Å². The summed E-state index contributed by atoms with van der Waals surface area (Å²) >= 11 is 1.56. The van der Waals surface area contributed by atoms with E-state index in [1.54, 1.807) is 35.6 Å². The number of carbonyl (C=O) groups excluding carboxylic acids is 1. The number of hydrogen-bond acceptors (Lipinski definition) is 5. The molecular weight excluding hydrogens is 362 g/mol. The van der Waals surface area contributed by atoms with Crippen molar-refractivity contribution in [2.75, 3.05) is 6.61 Å². The number of carbonyl (C=O) groups is 1. The Labute approximate surface area is 160 Å². The number of thiazole rings is 1. The first kappa shape index (κ1) is 17.1. The summed E-state index contributed by atoms with van der Waals surface area (Å²) in [6, 6.07) is 16.7. The van der Waals surface area contributed by atoms with Crippen LogP contribution in [0, 0.1) is 0 Å². The molecule has 0 radical (unpaired) electrons. The molecule has 0 unspecified atom stereocenters. The van der Waals surface area contributed by atoms with E-state index in [0.717, 1.165) is 16.4 Å². The van der Waals surface area contributed by atoms with E-state index in [0.29, 0.717) is 18.0 Å². The Morgan fingerprint density at radius 2 is 1.78 bits per heavy atom. The number of para-hydroxylation sites is 1. The third-order valence-corrected chi connectivity index (χ3v) is 4.55. The zero-order valence-corrected chi connectivity index (χ0v) is 15.2. The standard InChI is InChI=1S/C20H17N3O3S/c24-19(21-12-15-13-23-10-11-27-20(23)22-15)14-25-16-6-8-18(9-7-16)26-17-4-2-1-3-5-17/h1-11,13H,12,14H2,(H,21,24). The second-order valence-corrected chi connectivity index (χ2v) is 6.65. The molecule has 136 valence electrons. The average molecular weight is 379 g/mol. The summed E-state index contributed by atoms with van der Waals surface area (Å²) in [5, 5.41) is 4.77. The summed E-state index contributed by atoms with van der Waals surface area (Å²) in [7, 11) is 0. The Kier molecular flexibility index (Phi) is 5.02. The highest BCUT2D eigenvalue weighted by Gasteiger charge is 2.06. The Balaban J connectivity index is 1.24. The van der Waals surface area contributed by atoms with Gasteiger partial charge in [-0.25, -0.2) is 4.98 Å². The van der Waals surface area contributed by atoms with Gasteiger partial charge in [-0.05, 0) is 36.4 Å². The van der Waals surface area contributed by atoms with Crippen molar-refractivity contribution in [2.45, 2.75) is 6.54 Å². The molecule has 4 aromatic rings. The zero-order chi connectivity index (χ0) is 18.5. The normalized spacial score (nSPS) is 10.7. The number of rotatable bonds is 7. The maximum absolute atomic E-state index is 12.0. The van der Waals surface area contributed by atoms with Crippen LogP contribution in [0.2, 0.25) is 0 Å². The molecule has 27 heavy (non-hydrogen) atoms. The third kappa shape index (κ3) is 4.45. The molecule has 4 rings (SSSR count). The van der Waals surface area contributed by atoms with Crippen molar-refractivity contribution in [1.82, 2.24) is 14.7 Å². The first-order chi connectivity index (χ1) is 13.3. The molecule has 0 spiro atoms. The van der Waals surface area contributed by atoms with Gasteiger partial charge >= 0.3 is 0 Å². The Morgan fingerprint density at radius 3 is 2.56 bits per heavy atom. The highest BCUT2D eigenvalue weighted by atomic mass is 32.1. The van der Waals surface area contributed by atoms with Crippen LogP contribution >= 0.6 is 11.3 Å². The van der Waals surface area contributed by atoms with Crippen molar-refractivity contribution in [3.8, 4) is 17.2 Å². The molecule has 0 aliphatic heterocycles. The second-order valence-electron chi connectivity index (χ2n) is 5.78. The molecule has 0 saturated heterocycles. The summed E-state index contributed by atoms with van der Waals surface area (Å²) in [6.07, 6.45) is 3.84. The van der Waals surface area contributed by atoms with E-state index in [-0.39, 0.29) is 12.5 Å². The van der Waals surface area contributed by atoms with Crippen LogP contribution in [-0.2, 0) is 11.3 Å². The monoisotopic (exact) mass is 379 g/mol. The van der Waals surface area contributed by atoms with Crippen molar-refractivity contribution in [3.63, 3.8) is 0 Å². The number of nitrogens with one attached hydrogen (secondary N) is 1. The van der Waals surface area contributed by atoms with Crippen LogP contribution in [0.1, 0.15) is 5.69 Å². The molecule has 0 atom stereocenters. The lowest BCUT2D eigenvalue weighted by Gasteiger charge is -2.08. The van der Waals surface area contributed by atoms with Gasteiger partial charge < -0.3 is 14.8 Å². The van der Waals surface area contributed by atoms with Crippen molar-refractivity contribution in [2.24, 2.45) is 0 Å². The average Bonchev–Trinajstić information content (AvgIpc) is 3.28. The van der Waals surface area contributed by atoms with Crippen LogP contribution in [0.25, 0.3) is 4.96 Å². The molecular formula is C20H17N3O3S. The quantitative estimate of drug-likeness (QED) is 0.529.